The summed E-state index contributed by atoms with van der Waals surface area (Å²) in [4.78, 5) is 37.6. The van der Waals surface area contributed by atoms with Gasteiger partial charge in [-0.3, -0.25) is 14.5 Å². The Hall–Kier alpha value is -2.21. The van der Waals surface area contributed by atoms with Crippen molar-refractivity contribution in [1.29, 1.82) is 0 Å². The smallest absolute Gasteiger partial charge is 0.335 e. The molecule has 1 aromatic rings. The Labute approximate surface area is 135 Å². The van der Waals surface area contributed by atoms with Crippen LogP contribution in [0.3, 0.4) is 0 Å². The topological polar surface area (TPSA) is 83.9 Å². The normalized spacial score (nSPS) is 17.1. The standard InChI is InChI=1S/C17H21NO5/c1-5-17(4,10-23-16(2,3)15(21)22)18-13(19)11-8-6-7-9-12(11)14(18)20/h6-9H,5,10H2,1-4H3,(H,21,22). The fraction of sp³-hybridized carbons (Fsp3) is 0.471. The molecule has 1 aromatic carbocycles. The van der Waals surface area contributed by atoms with E-state index < -0.39 is 17.1 Å². The molecule has 0 fully saturated rings. The third kappa shape index (κ3) is 2.86. The van der Waals surface area contributed by atoms with Gasteiger partial charge >= 0.3 is 5.97 Å². The second-order valence-electron chi connectivity index (χ2n) is 6.45. The molecule has 1 heterocycles. The maximum absolute atomic E-state index is 12.6. The summed E-state index contributed by atoms with van der Waals surface area (Å²) in [5, 5.41) is 9.15. The number of amides is 2. The summed E-state index contributed by atoms with van der Waals surface area (Å²) in [5.41, 5.74) is -1.57. The minimum atomic E-state index is -1.39. The molecule has 1 aliphatic rings. The maximum Gasteiger partial charge on any atom is 0.335 e. The van der Waals surface area contributed by atoms with E-state index in [1.807, 2.05) is 6.92 Å². The quantitative estimate of drug-likeness (QED) is 0.814. The van der Waals surface area contributed by atoms with E-state index in [2.05, 4.69) is 0 Å². The van der Waals surface area contributed by atoms with Crippen LogP contribution in [-0.4, -0.2) is 45.5 Å². The molecule has 1 unspecified atom stereocenters. The number of carbonyl (C=O) groups excluding carboxylic acids is 2. The van der Waals surface area contributed by atoms with Crippen LogP contribution >= 0.6 is 0 Å². The van der Waals surface area contributed by atoms with Crippen LogP contribution in [0.1, 0.15) is 54.8 Å². The van der Waals surface area contributed by atoms with E-state index in [-0.39, 0.29) is 18.4 Å². The molecule has 23 heavy (non-hydrogen) atoms. The van der Waals surface area contributed by atoms with Crippen LogP contribution in [0.15, 0.2) is 24.3 Å². The number of imide groups is 1. The van der Waals surface area contributed by atoms with Crippen molar-refractivity contribution in [3.05, 3.63) is 35.4 Å². The van der Waals surface area contributed by atoms with E-state index in [0.717, 1.165) is 0 Å². The molecule has 0 saturated carbocycles. The molecule has 1 aliphatic heterocycles. The van der Waals surface area contributed by atoms with Gasteiger partial charge in [-0.25, -0.2) is 4.79 Å². The van der Waals surface area contributed by atoms with Crippen molar-refractivity contribution in [3.63, 3.8) is 0 Å². The molecule has 0 radical (unpaired) electrons. The van der Waals surface area contributed by atoms with Crippen molar-refractivity contribution in [3.8, 4) is 0 Å². The Balaban J connectivity index is 2.29. The van der Waals surface area contributed by atoms with Crippen LogP contribution < -0.4 is 0 Å². The highest BCUT2D eigenvalue weighted by atomic mass is 16.5. The summed E-state index contributed by atoms with van der Waals surface area (Å²) < 4.78 is 5.51. The van der Waals surface area contributed by atoms with Crippen molar-refractivity contribution < 1.29 is 24.2 Å². The lowest BCUT2D eigenvalue weighted by Crippen LogP contribution is -2.54. The van der Waals surface area contributed by atoms with Crippen molar-refractivity contribution in [1.82, 2.24) is 4.90 Å². The molecule has 124 valence electrons. The van der Waals surface area contributed by atoms with Crippen LogP contribution in [0.2, 0.25) is 0 Å². The zero-order valence-corrected chi connectivity index (χ0v) is 13.8. The number of hydrogen-bond donors (Lipinski definition) is 1. The second-order valence-corrected chi connectivity index (χ2v) is 6.45. The highest BCUT2D eigenvalue weighted by Gasteiger charge is 2.46. The Morgan fingerprint density at radius 1 is 1.13 bits per heavy atom. The van der Waals surface area contributed by atoms with Crippen molar-refractivity contribution in [2.45, 2.75) is 45.3 Å². The molecule has 0 bridgehead atoms. The van der Waals surface area contributed by atoms with Crippen LogP contribution in [0, 0.1) is 0 Å². The minimum absolute atomic E-state index is 0.0474. The van der Waals surface area contributed by atoms with Gasteiger partial charge < -0.3 is 9.84 Å². The van der Waals surface area contributed by atoms with Gasteiger partial charge in [0, 0.05) is 0 Å². The molecular weight excluding hydrogens is 298 g/mol. The molecule has 6 nitrogen and oxygen atoms in total. The molecule has 0 aromatic heterocycles. The Bertz CT molecular complexity index is 632. The zero-order chi connectivity index (χ0) is 17.4. The average Bonchev–Trinajstić information content (AvgIpc) is 2.77. The first-order valence-corrected chi connectivity index (χ1v) is 7.49. The van der Waals surface area contributed by atoms with Crippen molar-refractivity contribution in [2.75, 3.05) is 6.61 Å². The van der Waals surface area contributed by atoms with Gasteiger partial charge in [0.25, 0.3) is 11.8 Å². The number of benzene rings is 1. The molecule has 2 rings (SSSR count). The van der Waals surface area contributed by atoms with Gasteiger partial charge in [0.1, 0.15) is 0 Å². The summed E-state index contributed by atoms with van der Waals surface area (Å²) in [6.07, 6.45) is 0.453. The lowest BCUT2D eigenvalue weighted by atomic mass is 9.97. The van der Waals surface area contributed by atoms with E-state index in [1.54, 1.807) is 31.2 Å². The fourth-order valence-electron chi connectivity index (χ4n) is 2.40. The number of fused-ring (bicyclic) bond motifs is 1. The van der Waals surface area contributed by atoms with E-state index in [0.29, 0.717) is 17.5 Å². The van der Waals surface area contributed by atoms with Crippen LogP contribution in [0.4, 0.5) is 0 Å². The van der Waals surface area contributed by atoms with Gasteiger partial charge in [-0.2, -0.15) is 0 Å². The van der Waals surface area contributed by atoms with Crippen LogP contribution in [0.5, 0.6) is 0 Å². The lowest BCUT2D eigenvalue weighted by molar-refractivity contribution is -0.164. The molecule has 0 aliphatic carbocycles. The molecular formula is C17H21NO5. The molecule has 0 spiro atoms. The number of rotatable bonds is 6. The lowest BCUT2D eigenvalue weighted by Gasteiger charge is -2.38. The second kappa shape index (κ2) is 5.77. The molecule has 6 heteroatoms. The summed E-state index contributed by atoms with van der Waals surface area (Å²) in [6.45, 7) is 6.39. The Morgan fingerprint density at radius 2 is 1.61 bits per heavy atom. The summed E-state index contributed by atoms with van der Waals surface area (Å²) >= 11 is 0. The van der Waals surface area contributed by atoms with Gasteiger partial charge in [0.05, 0.1) is 23.3 Å². The number of carboxylic acids is 1. The zero-order valence-electron chi connectivity index (χ0n) is 13.8. The minimum Gasteiger partial charge on any atom is -0.479 e. The Kier molecular flexibility index (Phi) is 4.30. The predicted molar refractivity (Wildman–Crippen MR) is 83.3 cm³/mol. The number of carbonyl (C=O) groups is 3. The first-order valence-electron chi connectivity index (χ1n) is 7.49. The summed E-state index contributed by atoms with van der Waals surface area (Å²) in [6, 6.07) is 6.66. The van der Waals surface area contributed by atoms with E-state index in [1.165, 1.54) is 18.7 Å². The molecule has 1 atom stereocenters. The van der Waals surface area contributed by atoms with Gasteiger partial charge in [-0.1, -0.05) is 19.1 Å². The molecule has 2 amide bonds. The summed E-state index contributed by atoms with van der Waals surface area (Å²) in [7, 11) is 0. The molecule has 0 saturated heterocycles. The van der Waals surface area contributed by atoms with Gasteiger partial charge in [0.2, 0.25) is 0 Å². The number of hydrogen-bond acceptors (Lipinski definition) is 4. The third-order valence-corrected chi connectivity index (χ3v) is 4.35. The largest absolute Gasteiger partial charge is 0.479 e. The van der Waals surface area contributed by atoms with Gasteiger partial charge in [0.15, 0.2) is 5.60 Å². The number of nitrogens with zero attached hydrogens (tertiary/aromatic N) is 1. The van der Waals surface area contributed by atoms with Crippen LogP contribution in [-0.2, 0) is 9.53 Å². The fourth-order valence-corrected chi connectivity index (χ4v) is 2.40. The van der Waals surface area contributed by atoms with Crippen molar-refractivity contribution in [2.24, 2.45) is 0 Å². The first-order chi connectivity index (χ1) is 10.6. The monoisotopic (exact) mass is 319 g/mol. The predicted octanol–water partition coefficient (Wildman–Crippen LogP) is 2.33. The third-order valence-electron chi connectivity index (χ3n) is 4.35. The van der Waals surface area contributed by atoms with Gasteiger partial charge in [-0.05, 0) is 39.3 Å². The first kappa shape index (κ1) is 17.1. The van der Waals surface area contributed by atoms with E-state index >= 15 is 0 Å². The highest BCUT2D eigenvalue weighted by molar-refractivity contribution is 6.21. The maximum atomic E-state index is 12.6. The highest BCUT2D eigenvalue weighted by Crippen LogP contribution is 2.32. The Morgan fingerprint density at radius 3 is 2.00 bits per heavy atom. The van der Waals surface area contributed by atoms with E-state index in [9.17, 15) is 14.4 Å². The van der Waals surface area contributed by atoms with E-state index in [4.69, 9.17) is 9.84 Å². The van der Waals surface area contributed by atoms with Crippen molar-refractivity contribution >= 4 is 17.8 Å². The molecule has 1 N–H and O–H groups in total. The number of aliphatic carboxylic acids is 1. The number of carboxylic acid groups (broad SMARTS) is 1. The van der Waals surface area contributed by atoms with Crippen LogP contribution in [0.25, 0.3) is 0 Å². The average molecular weight is 319 g/mol. The van der Waals surface area contributed by atoms with Gasteiger partial charge in [-0.15, -0.1) is 0 Å². The number of ether oxygens (including phenoxy) is 1. The SMILES string of the molecule is CCC(C)(COC(C)(C)C(=O)O)N1C(=O)c2ccccc2C1=O. The summed E-state index contributed by atoms with van der Waals surface area (Å²) in [5.74, 6) is -1.84.